The number of anilines is 1. The van der Waals surface area contributed by atoms with E-state index in [2.05, 4.69) is 22.3 Å². The van der Waals surface area contributed by atoms with Gasteiger partial charge in [0.1, 0.15) is 0 Å². The zero-order valence-corrected chi connectivity index (χ0v) is 9.61. The number of aromatic nitrogens is 1. The van der Waals surface area contributed by atoms with Crippen molar-refractivity contribution in [1.82, 2.24) is 10.3 Å². The molecular weight excluding hydrogens is 198 g/mol. The highest BCUT2D eigenvalue weighted by Gasteiger charge is 2.20. The maximum absolute atomic E-state index is 5.29. The fourth-order valence-corrected chi connectivity index (χ4v) is 1.56. The van der Waals surface area contributed by atoms with Crippen molar-refractivity contribution in [3.63, 3.8) is 0 Å². The Morgan fingerprint density at radius 1 is 1.62 bits per heavy atom. The maximum Gasteiger partial charge on any atom is 0.0788 e. The molecule has 0 unspecified atom stereocenters. The van der Waals surface area contributed by atoms with E-state index >= 15 is 0 Å². The highest BCUT2D eigenvalue weighted by Crippen LogP contribution is 2.19. The van der Waals surface area contributed by atoms with Gasteiger partial charge in [-0.15, -0.1) is 6.42 Å². The van der Waals surface area contributed by atoms with Gasteiger partial charge in [0.05, 0.1) is 12.2 Å². The van der Waals surface area contributed by atoms with E-state index in [4.69, 9.17) is 6.42 Å². The van der Waals surface area contributed by atoms with E-state index in [-0.39, 0.29) is 0 Å². The number of terminal acetylenes is 1. The van der Waals surface area contributed by atoms with Gasteiger partial charge >= 0.3 is 0 Å². The molecule has 1 N–H and O–H groups in total. The predicted octanol–water partition coefficient (Wildman–Crippen LogP) is 1.40. The third kappa shape index (κ3) is 2.98. The number of hydrogen-bond acceptors (Lipinski definition) is 3. The molecule has 0 spiro atoms. The number of rotatable bonds is 5. The molecule has 1 heterocycles. The summed E-state index contributed by atoms with van der Waals surface area (Å²) in [6.45, 7) is 1.47. The van der Waals surface area contributed by atoms with Gasteiger partial charge in [0.15, 0.2) is 0 Å². The molecule has 0 bridgehead atoms. The molecule has 0 aliphatic heterocycles. The molecule has 84 valence electrons. The molecule has 1 fully saturated rings. The lowest BCUT2D eigenvalue weighted by Gasteiger charge is -2.16. The van der Waals surface area contributed by atoms with E-state index in [0.717, 1.165) is 17.9 Å². The summed E-state index contributed by atoms with van der Waals surface area (Å²) < 4.78 is 0. The Bertz CT molecular complexity index is 390. The normalized spacial score (nSPS) is 14.5. The van der Waals surface area contributed by atoms with Gasteiger partial charge in [-0.05, 0) is 25.0 Å². The Morgan fingerprint density at radius 3 is 3.12 bits per heavy atom. The summed E-state index contributed by atoms with van der Waals surface area (Å²) in [5, 5.41) is 3.45. The highest BCUT2D eigenvalue weighted by atomic mass is 15.1. The lowest BCUT2D eigenvalue weighted by Crippen LogP contribution is -2.19. The second-order valence-corrected chi connectivity index (χ2v) is 4.22. The summed E-state index contributed by atoms with van der Waals surface area (Å²) in [4.78, 5) is 6.38. The second kappa shape index (κ2) is 5.00. The third-order valence-corrected chi connectivity index (χ3v) is 2.72. The van der Waals surface area contributed by atoms with Gasteiger partial charge < -0.3 is 10.2 Å². The molecule has 1 aromatic heterocycles. The van der Waals surface area contributed by atoms with Crippen molar-refractivity contribution >= 4 is 5.69 Å². The highest BCUT2D eigenvalue weighted by molar-refractivity contribution is 5.46. The zero-order valence-electron chi connectivity index (χ0n) is 9.61. The van der Waals surface area contributed by atoms with E-state index in [1.807, 2.05) is 24.2 Å². The summed E-state index contributed by atoms with van der Waals surface area (Å²) in [6, 6.07) is 4.79. The molecule has 0 radical (unpaired) electrons. The zero-order chi connectivity index (χ0) is 11.4. The SMILES string of the molecule is C#CCN(C)c1ccnc(CNC2CC2)c1. The van der Waals surface area contributed by atoms with Gasteiger partial charge in [-0.2, -0.15) is 0 Å². The molecule has 1 saturated carbocycles. The molecule has 1 aromatic rings. The van der Waals surface area contributed by atoms with Crippen LogP contribution in [0.25, 0.3) is 0 Å². The molecule has 2 rings (SSSR count). The lowest BCUT2D eigenvalue weighted by molar-refractivity contribution is 0.674. The smallest absolute Gasteiger partial charge is 0.0788 e. The van der Waals surface area contributed by atoms with Crippen LogP contribution in [0, 0.1) is 12.3 Å². The van der Waals surface area contributed by atoms with Crippen LogP contribution in [-0.4, -0.2) is 24.6 Å². The van der Waals surface area contributed by atoms with Crippen LogP contribution in [0.2, 0.25) is 0 Å². The molecule has 3 nitrogen and oxygen atoms in total. The molecule has 1 aliphatic carbocycles. The fourth-order valence-electron chi connectivity index (χ4n) is 1.56. The van der Waals surface area contributed by atoms with Gasteiger partial charge in [0, 0.05) is 31.5 Å². The van der Waals surface area contributed by atoms with E-state index in [0.29, 0.717) is 12.6 Å². The van der Waals surface area contributed by atoms with E-state index in [1.54, 1.807) is 0 Å². The van der Waals surface area contributed by atoms with Crippen molar-refractivity contribution in [1.29, 1.82) is 0 Å². The van der Waals surface area contributed by atoms with Gasteiger partial charge in [-0.25, -0.2) is 0 Å². The van der Waals surface area contributed by atoms with Gasteiger partial charge in [-0.3, -0.25) is 4.98 Å². The Kier molecular flexibility index (Phi) is 3.43. The molecule has 16 heavy (non-hydrogen) atoms. The minimum atomic E-state index is 0.625. The van der Waals surface area contributed by atoms with Crippen LogP contribution in [0.1, 0.15) is 18.5 Å². The summed E-state index contributed by atoms with van der Waals surface area (Å²) in [7, 11) is 1.99. The average molecular weight is 215 g/mol. The summed E-state index contributed by atoms with van der Waals surface area (Å²) in [6.07, 6.45) is 9.74. The number of nitrogens with one attached hydrogen (secondary N) is 1. The van der Waals surface area contributed by atoms with Crippen molar-refractivity contribution in [2.24, 2.45) is 0 Å². The molecule has 0 atom stereocenters. The van der Waals surface area contributed by atoms with Crippen LogP contribution < -0.4 is 10.2 Å². The predicted molar refractivity (Wildman–Crippen MR) is 66.2 cm³/mol. The summed E-state index contributed by atoms with van der Waals surface area (Å²) in [5.41, 5.74) is 2.20. The molecule has 0 aromatic carbocycles. The first-order valence-corrected chi connectivity index (χ1v) is 5.62. The van der Waals surface area contributed by atoms with E-state index < -0.39 is 0 Å². The maximum atomic E-state index is 5.29. The van der Waals surface area contributed by atoms with Crippen LogP contribution in [0.5, 0.6) is 0 Å². The van der Waals surface area contributed by atoms with E-state index in [9.17, 15) is 0 Å². The topological polar surface area (TPSA) is 28.2 Å². The minimum absolute atomic E-state index is 0.625. The van der Waals surface area contributed by atoms with Crippen molar-refractivity contribution < 1.29 is 0 Å². The van der Waals surface area contributed by atoms with Crippen molar-refractivity contribution in [3.05, 3.63) is 24.0 Å². The molecule has 3 heteroatoms. The standard InChI is InChI=1S/C13H17N3/c1-3-8-16(2)13-6-7-14-12(9-13)10-15-11-4-5-11/h1,6-7,9,11,15H,4-5,8,10H2,2H3. The van der Waals surface area contributed by atoms with Crippen LogP contribution in [0.4, 0.5) is 5.69 Å². The Hall–Kier alpha value is -1.53. The molecule has 1 aliphatic rings. The minimum Gasteiger partial charge on any atom is -0.363 e. The average Bonchev–Trinajstić information content (AvgIpc) is 3.11. The van der Waals surface area contributed by atoms with Crippen molar-refractivity contribution in [2.75, 3.05) is 18.5 Å². The van der Waals surface area contributed by atoms with Crippen LogP contribution in [-0.2, 0) is 6.54 Å². The van der Waals surface area contributed by atoms with Crippen LogP contribution >= 0.6 is 0 Å². The van der Waals surface area contributed by atoms with E-state index in [1.165, 1.54) is 12.8 Å². The van der Waals surface area contributed by atoms with Crippen molar-refractivity contribution in [3.8, 4) is 12.3 Å². The van der Waals surface area contributed by atoms with Gasteiger partial charge in [-0.1, -0.05) is 5.92 Å². The quantitative estimate of drug-likeness (QED) is 0.753. The monoisotopic (exact) mass is 215 g/mol. The number of pyridine rings is 1. The molecule has 0 amide bonds. The number of nitrogens with zero attached hydrogens (tertiary/aromatic N) is 2. The largest absolute Gasteiger partial charge is 0.363 e. The van der Waals surface area contributed by atoms with Gasteiger partial charge in [0.2, 0.25) is 0 Å². The van der Waals surface area contributed by atoms with Crippen LogP contribution in [0.15, 0.2) is 18.3 Å². The summed E-state index contributed by atoms with van der Waals surface area (Å²) in [5.74, 6) is 2.64. The third-order valence-electron chi connectivity index (χ3n) is 2.72. The Labute approximate surface area is 96.9 Å². The second-order valence-electron chi connectivity index (χ2n) is 4.22. The Morgan fingerprint density at radius 2 is 2.44 bits per heavy atom. The van der Waals surface area contributed by atoms with Gasteiger partial charge in [0.25, 0.3) is 0 Å². The summed E-state index contributed by atoms with van der Waals surface area (Å²) >= 11 is 0. The van der Waals surface area contributed by atoms with Crippen molar-refractivity contribution in [2.45, 2.75) is 25.4 Å². The molecular formula is C13H17N3. The fraction of sp³-hybridized carbons (Fsp3) is 0.462. The first-order chi connectivity index (χ1) is 7.79. The number of hydrogen-bond donors (Lipinski definition) is 1. The molecule has 0 saturated heterocycles. The first-order valence-electron chi connectivity index (χ1n) is 5.62. The lowest BCUT2D eigenvalue weighted by atomic mass is 10.3. The van der Waals surface area contributed by atoms with Crippen LogP contribution in [0.3, 0.4) is 0 Å². The Balaban J connectivity index is 1.97. The first kappa shape index (κ1) is 11.0.